The lowest BCUT2D eigenvalue weighted by molar-refractivity contribution is -0.134. The average molecular weight is 210 g/mol. The highest BCUT2D eigenvalue weighted by molar-refractivity contribution is 5.96. The summed E-state index contributed by atoms with van der Waals surface area (Å²) in [4.78, 5) is 11.7. The SMILES string of the molecule is O=C1C(O)=CC=CC2CCC(O)C(O)C12. The van der Waals surface area contributed by atoms with Crippen molar-refractivity contribution < 1.29 is 20.1 Å². The van der Waals surface area contributed by atoms with Crippen LogP contribution in [0.1, 0.15) is 12.8 Å². The van der Waals surface area contributed by atoms with Gasteiger partial charge in [0.1, 0.15) is 0 Å². The molecule has 2 rings (SSSR count). The summed E-state index contributed by atoms with van der Waals surface area (Å²) in [5.41, 5.74) is 0. The van der Waals surface area contributed by atoms with Gasteiger partial charge in [0.05, 0.1) is 18.1 Å². The lowest BCUT2D eigenvalue weighted by Crippen LogP contribution is -2.45. The maximum atomic E-state index is 11.7. The second-order valence-electron chi connectivity index (χ2n) is 4.13. The van der Waals surface area contributed by atoms with Crippen LogP contribution >= 0.6 is 0 Å². The molecule has 0 saturated heterocycles. The molecule has 2 aliphatic carbocycles. The molecule has 2 aliphatic rings. The fourth-order valence-electron chi connectivity index (χ4n) is 2.31. The zero-order valence-corrected chi connectivity index (χ0v) is 8.21. The van der Waals surface area contributed by atoms with Crippen LogP contribution in [0.25, 0.3) is 0 Å². The van der Waals surface area contributed by atoms with Crippen LogP contribution in [-0.2, 0) is 4.79 Å². The Kier molecular flexibility index (Phi) is 2.63. The van der Waals surface area contributed by atoms with Gasteiger partial charge in [-0.3, -0.25) is 4.79 Å². The molecule has 82 valence electrons. The van der Waals surface area contributed by atoms with E-state index in [0.29, 0.717) is 12.8 Å². The molecule has 0 aliphatic heterocycles. The Morgan fingerprint density at radius 3 is 2.73 bits per heavy atom. The highest BCUT2D eigenvalue weighted by Crippen LogP contribution is 2.34. The first-order chi connectivity index (χ1) is 7.11. The van der Waals surface area contributed by atoms with Crippen molar-refractivity contribution in [1.82, 2.24) is 0 Å². The van der Waals surface area contributed by atoms with Gasteiger partial charge in [0, 0.05) is 0 Å². The molecule has 15 heavy (non-hydrogen) atoms. The number of ketones is 1. The molecule has 0 spiro atoms. The number of aliphatic hydroxyl groups excluding tert-OH is 3. The smallest absolute Gasteiger partial charge is 0.203 e. The van der Waals surface area contributed by atoms with Crippen molar-refractivity contribution in [2.24, 2.45) is 11.8 Å². The maximum absolute atomic E-state index is 11.7. The van der Waals surface area contributed by atoms with Crippen molar-refractivity contribution in [3.8, 4) is 0 Å². The van der Waals surface area contributed by atoms with E-state index in [1.165, 1.54) is 6.08 Å². The van der Waals surface area contributed by atoms with E-state index in [1.54, 1.807) is 12.2 Å². The highest BCUT2D eigenvalue weighted by atomic mass is 16.3. The third-order valence-corrected chi connectivity index (χ3v) is 3.19. The van der Waals surface area contributed by atoms with Gasteiger partial charge >= 0.3 is 0 Å². The lowest BCUT2D eigenvalue weighted by Gasteiger charge is -2.35. The summed E-state index contributed by atoms with van der Waals surface area (Å²) in [6, 6.07) is 0. The molecule has 0 amide bonds. The van der Waals surface area contributed by atoms with Gasteiger partial charge < -0.3 is 15.3 Å². The highest BCUT2D eigenvalue weighted by Gasteiger charge is 2.42. The summed E-state index contributed by atoms with van der Waals surface area (Å²) in [7, 11) is 0. The molecule has 3 N–H and O–H groups in total. The first kappa shape index (κ1) is 10.4. The normalized spacial score (nSPS) is 40.7. The molecule has 0 aromatic carbocycles. The number of hydrogen-bond donors (Lipinski definition) is 3. The van der Waals surface area contributed by atoms with E-state index < -0.39 is 23.9 Å². The number of Topliss-reactive ketones (excluding diaryl/α,β-unsaturated/α-hetero) is 1. The van der Waals surface area contributed by atoms with Gasteiger partial charge in [-0.05, 0) is 24.8 Å². The topological polar surface area (TPSA) is 77.8 Å². The van der Waals surface area contributed by atoms with Gasteiger partial charge in [0.15, 0.2) is 5.76 Å². The molecule has 0 bridgehead atoms. The minimum atomic E-state index is -1.07. The molecule has 1 fully saturated rings. The van der Waals surface area contributed by atoms with E-state index in [1.807, 2.05) is 0 Å². The van der Waals surface area contributed by atoms with Crippen LogP contribution in [0, 0.1) is 11.8 Å². The number of aliphatic hydroxyl groups is 3. The van der Waals surface area contributed by atoms with Crippen LogP contribution in [-0.4, -0.2) is 33.3 Å². The van der Waals surface area contributed by atoms with Crippen molar-refractivity contribution >= 4 is 5.78 Å². The van der Waals surface area contributed by atoms with Crippen LogP contribution in [0.5, 0.6) is 0 Å². The summed E-state index contributed by atoms with van der Waals surface area (Å²) in [6.45, 7) is 0. The number of carbonyl (C=O) groups excluding carboxylic acids is 1. The molecule has 0 aromatic rings. The minimum absolute atomic E-state index is 0.0863. The lowest BCUT2D eigenvalue weighted by atomic mass is 9.74. The fraction of sp³-hybridized carbons (Fsp3) is 0.545. The van der Waals surface area contributed by atoms with E-state index in [-0.39, 0.29) is 11.7 Å². The number of fused-ring (bicyclic) bond motifs is 1. The second kappa shape index (κ2) is 3.79. The van der Waals surface area contributed by atoms with Crippen molar-refractivity contribution in [3.63, 3.8) is 0 Å². The van der Waals surface area contributed by atoms with Crippen LogP contribution in [0.3, 0.4) is 0 Å². The van der Waals surface area contributed by atoms with E-state index in [0.717, 1.165) is 0 Å². The first-order valence-corrected chi connectivity index (χ1v) is 5.09. The van der Waals surface area contributed by atoms with Gasteiger partial charge in [-0.25, -0.2) is 0 Å². The van der Waals surface area contributed by atoms with Crippen LogP contribution in [0.15, 0.2) is 24.0 Å². The Morgan fingerprint density at radius 1 is 1.27 bits per heavy atom. The summed E-state index contributed by atoms with van der Waals surface area (Å²) >= 11 is 0. The van der Waals surface area contributed by atoms with Crippen LogP contribution in [0.2, 0.25) is 0 Å². The van der Waals surface area contributed by atoms with Crippen molar-refractivity contribution in [2.75, 3.05) is 0 Å². The third-order valence-electron chi connectivity index (χ3n) is 3.19. The van der Waals surface area contributed by atoms with Crippen molar-refractivity contribution in [2.45, 2.75) is 25.0 Å². The van der Waals surface area contributed by atoms with Gasteiger partial charge in [-0.2, -0.15) is 0 Å². The zero-order valence-electron chi connectivity index (χ0n) is 8.21. The minimum Gasteiger partial charge on any atom is -0.504 e. The number of hydrogen-bond acceptors (Lipinski definition) is 4. The predicted molar refractivity (Wildman–Crippen MR) is 53.1 cm³/mol. The maximum Gasteiger partial charge on any atom is 0.203 e. The quantitative estimate of drug-likeness (QED) is 0.538. The molecule has 4 nitrogen and oxygen atoms in total. The second-order valence-corrected chi connectivity index (χ2v) is 4.13. The van der Waals surface area contributed by atoms with E-state index >= 15 is 0 Å². The summed E-state index contributed by atoms with van der Waals surface area (Å²) in [5.74, 6) is -1.61. The molecule has 0 radical (unpaired) electrons. The standard InChI is InChI=1S/C11H14O4/c12-7-3-1-2-6-4-5-8(13)11(15)9(6)10(7)14/h1-3,6,8-9,11-13,15H,4-5H2. The molecular weight excluding hydrogens is 196 g/mol. The summed E-state index contributed by atoms with van der Waals surface area (Å²) < 4.78 is 0. The van der Waals surface area contributed by atoms with Gasteiger partial charge in [-0.1, -0.05) is 12.2 Å². The molecule has 0 aromatic heterocycles. The number of allylic oxidation sites excluding steroid dienone is 4. The number of rotatable bonds is 0. The number of carbonyl (C=O) groups is 1. The Hall–Kier alpha value is -1.13. The molecule has 1 saturated carbocycles. The monoisotopic (exact) mass is 210 g/mol. The Morgan fingerprint density at radius 2 is 2.00 bits per heavy atom. The van der Waals surface area contributed by atoms with Gasteiger partial charge in [-0.15, -0.1) is 0 Å². The van der Waals surface area contributed by atoms with E-state index in [9.17, 15) is 20.1 Å². The molecule has 0 heterocycles. The zero-order chi connectivity index (χ0) is 11.0. The Labute approximate surface area is 87.5 Å². The van der Waals surface area contributed by atoms with Gasteiger partial charge in [0.25, 0.3) is 0 Å². The average Bonchev–Trinajstić information content (AvgIpc) is 2.35. The van der Waals surface area contributed by atoms with Crippen LogP contribution in [0.4, 0.5) is 0 Å². The van der Waals surface area contributed by atoms with Crippen molar-refractivity contribution in [3.05, 3.63) is 24.0 Å². The van der Waals surface area contributed by atoms with E-state index in [2.05, 4.69) is 0 Å². The largest absolute Gasteiger partial charge is 0.504 e. The molecule has 4 heteroatoms. The van der Waals surface area contributed by atoms with E-state index in [4.69, 9.17) is 0 Å². The van der Waals surface area contributed by atoms with Crippen LogP contribution < -0.4 is 0 Å². The molecular formula is C11H14O4. The van der Waals surface area contributed by atoms with Gasteiger partial charge in [0.2, 0.25) is 5.78 Å². The predicted octanol–water partition coefficient (Wildman–Crippen LogP) is 0.315. The summed E-state index contributed by atoms with van der Waals surface area (Å²) in [5, 5.41) is 28.6. The molecule has 4 unspecified atom stereocenters. The third kappa shape index (κ3) is 1.70. The fourth-order valence-corrected chi connectivity index (χ4v) is 2.31. The Balaban J connectivity index is 2.31. The molecule has 4 atom stereocenters. The summed E-state index contributed by atoms with van der Waals surface area (Å²) in [6.07, 6.45) is 3.97. The first-order valence-electron chi connectivity index (χ1n) is 5.09. The van der Waals surface area contributed by atoms with Crippen molar-refractivity contribution in [1.29, 1.82) is 0 Å². The Bertz CT molecular complexity index is 331.